The number of rotatable bonds is 1. The van der Waals surface area contributed by atoms with Gasteiger partial charge in [0.15, 0.2) is 0 Å². The van der Waals surface area contributed by atoms with E-state index >= 15 is 0 Å². The third kappa shape index (κ3) is 2.13. The highest BCUT2D eigenvalue weighted by atomic mass is 16.6. The molecule has 3 nitrogen and oxygen atoms in total. The van der Waals surface area contributed by atoms with Gasteiger partial charge in [-0.2, -0.15) is 0 Å². The van der Waals surface area contributed by atoms with Crippen LogP contribution in [0.1, 0.15) is 27.2 Å². The van der Waals surface area contributed by atoms with Crippen LogP contribution < -0.4 is 0 Å². The average molecular weight is 171 g/mol. The zero-order valence-corrected chi connectivity index (χ0v) is 8.09. The van der Waals surface area contributed by atoms with Gasteiger partial charge in [-0.05, 0) is 18.8 Å². The van der Waals surface area contributed by atoms with E-state index in [2.05, 4.69) is 13.8 Å². The Kier molecular flexibility index (Phi) is 2.60. The van der Waals surface area contributed by atoms with Crippen LogP contribution in [0.15, 0.2) is 0 Å². The zero-order valence-electron chi connectivity index (χ0n) is 8.09. The van der Waals surface area contributed by atoms with Crippen LogP contribution in [0, 0.1) is 5.41 Å². The second kappa shape index (κ2) is 3.33. The van der Waals surface area contributed by atoms with Crippen LogP contribution >= 0.6 is 0 Å². The minimum Gasteiger partial charge on any atom is -0.450 e. The Labute approximate surface area is 73.7 Å². The maximum atomic E-state index is 11.2. The molecule has 3 heteroatoms. The third-order valence-electron chi connectivity index (χ3n) is 2.20. The molecule has 0 aromatic heterocycles. The third-order valence-corrected chi connectivity index (χ3v) is 2.20. The summed E-state index contributed by atoms with van der Waals surface area (Å²) in [6.45, 7) is 8.31. The van der Waals surface area contributed by atoms with E-state index in [4.69, 9.17) is 4.74 Å². The number of carbonyl (C=O) groups excluding carboxylic acids is 1. The molecule has 0 saturated carbocycles. The Morgan fingerprint density at radius 1 is 1.58 bits per heavy atom. The Morgan fingerprint density at radius 2 is 2.25 bits per heavy atom. The number of ether oxygens (including phenoxy) is 1. The van der Waals surface area contributed by atoms with Gasteiger partial charge in [0.05, 0.1) is 6.61 Å². The summed E-state index contributed by atoms with van der Waals surface area (Å²) in [4.78, 5) is 13.0. The summed E-state index contributed by atoms with van der Waals surface area (Å²) in [7, 11) is 0. The molecule has 1 aliphatic rings. The van der Waals surface area contributed by atoms with E-state index < -0.39 is 0 Å². The molecule has 12 heavy (non-hydrogen) atoms. The summed E-state index contributed by atoms with van der Waals surface area (Å²) in [6, 6.07) is 0. The summed E-state index contributed by atoms with van der Waals surface area (Å²) in [5.74, 6) is 0. The van der Waals surface area contributed by atoms with Gasteiger partial charge < -0.3 is 9.64 Å². The van der Waals surface area contributed by atoms with Crippen molar-refractivity contribution in [2.45, 2.75) is 27.2 Å². The van der Waals surface area contributed by atoms with Gasteiger partial charge in [-0.3, -0.25) is 0 Å². The van der Waals surface area contributed by atoms with Crippen LogP contribution in [0.2, 0.25) is 0 Å². The van der Waals surface area contributed by atoms with E-state index in [1.807, 2.05) is 6.92 Å². The molecule has 0 aliphatic carbocycles. The van der Waals surface area contributed by atoms with Crippen molar-refractivity contribution in [1.82, 2.24) is 4.90 Å². The van der Waals surface area contributed by atoms with Gasteiger partial charge in [-0.25, -0.2) is 4.79 Å². The maximum absolute atomic E-state index is 11.2. The Hall–Kier alpha value is -0.730. The fourth-order valence-electron chi connectivity index (χ4n) is 1.48. The van der Waals surface area contributed by atoms with Gasteiger partial charge in [0.25, 0.3) is 0 Å². The number of hydrogen-bond acceptors (Lipinski definition) is 2. The summed E-state index contributed by atoms with van der Waals surface area (Å²) >= 11 is 0. The topological polar surface area (TPSA) is 29.5 Å². The molecule has 0 N–H and O–H groups in total. The monoisotopic (exact) mass is 171 g/mol. The summed E-state index contributed by atoms with van der Waals surface area (Å²) < 4.78 is 4.91. The normalized spacial score (nSPS) is 21.1. The molecule has 0 aromatic rings. The SMILES string of the molecule is CCOC(=O)N1CCC(C)(C)C1. The molecule has 0 aromatic carbocycles. The molecule has 0 spiro atoms. The quantitative estimate of drug-likeness (QED) is 0.602. The van der Waals surface area contributed by atoms with Crippen molar-refractivity contribution in [1.29, 1.82) is 0 Å². The number of carbonyl (C=O) groups is 1. The molecule has 0 radical (unpaired) electrons. The van der Waals surface area contributed by atoms with Gasteiger partial charge in [0.2, 0.25) is 0 Å². The summed E-state index contributed by atoms with van der Waals surface area (Å²) in [5.41, 5.74) is 0.271. The van der Waals surface area contributed by atoms with E-state index in [0.717, 1.165) is 19.5 Å². The second-order valence-electron chi connectivity index (χ2n) is 4.03. The van der Waals surface area contributed by atoms with Crippen molar-refractivity contribution < 1.29 is 9.53 Å². The number of amides is 1. The Morgan fingerprint density at radius 3 is 2.67 bits per heavy atom. The largest absolute Gasteiger partial charge is 0.450 e. The summed E-state index contributed by atoms with van der Waals surface area (Å²) in [5, 5.41) is 0. The van der Waals surface area contributed by atoms with Crippen LogP contribution in [0.25, 0.3) is 0 Å². The molecule has 1 rings (SSSR count). The van der Waals surface area contributed by atoms with Crippen molar-refractivity contribution in [3.05, 3.63) is 0 Å². The lowest BCUT2D eigenvalue weighted by molar-refractivity contribution is 0.112. The smallest absolute Gasteiger partial charge is 0.409 e. The van der Waals surface area contributed by atoms with Crippen LogP contribution in [0.5, 0.6) is 0 Å². The first-order chi connectivity index (χ1) is 5.55. The fourth-order valence-corrected chi connectivity index (χ4v) is 1.48. The standard InChI is InChI=1S/C9H17NO2/c1-4-12-8(11)10-6-5-9(2,3)7-10/h4-7H2,1-3H3. The molecule has 1 aliphatic heterocycles. The first-order valence-electron chi connectivity index (χ1n) is 4.47. The van der Waals surface area contributed by atoms with E-state index in [9.17, 15) is 4.79 Å². The van der Waals surface area contributed by atoms with Gasteiger partial charge in [0, 0.05) is 13.1 Å². The Bertz CT molecular complexity index is 177. The van der Waals surface area contributed by atoms with Gasteiger partial charge >= 0.3 is 6.09 Å². The van der Waals surface area contributed by atoms with Crippen molar-refractivity contribution in [2.24, 2.45) is 5.41 Å². The molecule has 70 valence electrons. The maximum Gasteiger partial charge on any atom is 0.409 e. The molecular formula is C9H17NO2. The highest BCUT2D eigenvalue weighted by Crippen LogP contribution is 2.28. The van der Waals surface area contributed by atoms with Gasteiger partial charge in [-0.1, -0.05) is 13.8 Å². The first kappa shape index (κ1) is 9.36. The summed E-state index contributed by atoms with van der Waals surface area (Å²) in [6.07, 6.45) is 0.911. The Balaban J connectivity index is 2.41. The van der Waals surface area contributed by atoms with Crippen molar-refractivity contribution in [2.75, 3.05) is 19.7 Å². The van der Waals surface area contributed by atoms with Crippen molar-refractivity contribution >= 4 is 6.09 Å². The number of likely N-dealkylation sites (tertiary alicyclic amines) is 1. The van der Waals surface area contributed by atoms with Crippen LogP contribution in [-0.4, -0.2) is 30.7 Å². The zero-order chi connectivity index (χ0) is 9.19. The van der Waals surface area contributed by atoms with Crippen LogP contribution in [-0.2, 0) is 4.74 Å². The molecule has 1 amide bonds. The fraction of sp³-hybridized carbons (Fsp3) is 0.889. The molecular weight excluding hydrogens is 154 g/mol. The minimum atomic E-state index is -0.164. The van der Waals surface area contributed by atoms with E-state index in [1.165, 1.54) is 0 Å². The van der Waals surface area contributed by atoms with Crippen LogP contribution in [0.4, 0.5) is 4.79 Å². The minimum absolute atomic E-state index is 0.164. The molecule has 0 atom stereocenters. The van der Waals surface area contributed by atoms with Crippen molar-refractivity contribution in [3.8, 4) is 0 Å². The molecule has 1 fully saturated rings. The second-order valence-corrected chi connectivity index (χ2v) is 4.03. The lowest BCUT2D eigenvalue weighted by Crippen LogP contribution is -2.30. The number of hydrogen-bond donors (Lipinski definition) is 0. The average Bonchev–Trinajstić information content (AvgIpc) is 2.31. The van der Waals surface area contributed by atoms with E-state index in [1.54, 1.807) is 4.90 Å². The van der Waals surface area contributed by atoms with Crippen LogP contribution in [0.3, 0.4) is 0 Å². The van der Waals surface area contributed by atoms with Gasteiger partial charge in [0.1, 0.15) is 0 Å². The number of nitrogens with zero attached hydrogens (tertiary/aromatic N) is 1. The predicted octanol–water partition coefficient (Wildman–Crippen LogP) is 1.87. The first-order valence-corrected chi connectivity index (χ1v) is 4.47. The lowest BCUT2D eigenvalue weighted by Gasteiger charge is -2.18. The highest BCUT2D eigenvalue weighted by Gasteiger charge is 2.32. The predicted molar refractivity (Wildman–Crippen MR) is 47.0 cm³/mol. The van der Waals surface area contributed by atoms with Crippen molar-refractivity contribution in [3.63, 3.8) is 0 Å². The highest BCUT2D eigenvalue weighted by molar-refractivity contribution is 5.68. The van der Waals surface area contributed by atoms with E-state index in [0.29, 0.717) is 6.61 Å². The molecule has 0 unspecified atom stereocenters. The molecule has 0 bridgehead atoms. The lowest BCUT2D eigenvalue weighted by atomic mass is 9.93. The van der Waals surface area contributed by atoms with Gasteiger partial charge in [-0.15, -0.1) is 0 Å². The molecule has 1 saturated heterocycles. The molecule has 1 heterocycles. The van der Waals surface area contributed by atoms with E-state index in [-0.39, 0.29) is 11.5 Å².